The van der Waals surface area contributed by atoms with Crippen molar-refractivity contribution in [1.82, 2.24) is 20.1 Å². The van der Waals surface area contributed by atoms with Crippen LogP contribution in [0.25, 0.3) is 0 Å². The van der Waals surface area contributed by atoms with E-state index in [-0.39, 0.29) is 6.10 Å². The molecule has 0 saturated carbocycles. The Balaban J connectivity index is 1.68. The van der Waals surface area contributed by atoms with Gasteiger partial charge in [-0.2, -0.15) is 5.10 Å². The molecule has 2 atom stereocenters. The number of aromatic amines is 1. The standard InChI is InChI=1S/C17H24N4O/c1-12(2)17-18-16(19-20-17)10-21-9-15(22-11-13(21)3)14-7-5-4-6-8-14/h4-8,12-13,15H,9-11H2,1-3H3,(H,18,19,20)/t13-,15-/m1/s1. The highest BCUT2D eigenvalue weighted by Crippen LogP contribution is 2.25. The number of H-pyrrole nitrogens is 1. The summed E-state index contributed by atoms with van der Waals surface area (Å²) in [5.74, 6) is 2.17. The Bertz CT molecular complexity index is 596. The molecule has 2 aromatic rings. The first kappa shape index (κ1) is 15.2. The van der Waals surface area contributed by atoms with Gasteiger partial charge in [0, 0.05) is 18.5 Å². The van der Waals surface area contributed by atoms with Gasteiger partial charge in [0.05, 0.1) is 19.3 Å². The van der Waals surface area contributed by atoms with E-state index in [4.69, 9.17) is 4.74 Å². The summed E-state index contributed by atoms with van der Waals surface area (Å²) >= 11 is 0. The summed E-state index contributed by atoms with van der Waals surface area (Å²) in [7, 11) is 0. The van der Waals surface area contributed by atoms with E-state index < -0.39 is 0 Å². The van der Waals surface area contributed by atoms with Gasteiger partial charge in [-0.3, -0.25) is 10.00 Å². The summed E-state index contributed by atoms with van der Waals surface area (Å²) in [4.78, 5) is 7.00. The number of nitrogens with one attached hydrogen (secondary N) is 1. The van der Waals surface area contributed by atoms with Crippen molar-refractivity contribution in [3.05, 3.63) is 47.5 Å². The van der Waals surface area contributed by atoms with E-state index >= 15 is 0 Å². The topological polar surface area (TPSA) is 54.0 Å². The fourth-order valence-electron chi connectivity index (χ4n) is 2.73. The Labute approximate surface area is 131 Å². The van der Waals surface area contributed by atoms with Crippen molar-refractivity contribution in [2.45, 2.75) is 45.4 Å². The summed E-state index contributed by atoms with van der Waals surface area (Å²) in [6.07, 6.45) is 0.130. The fourth-order valence-corrected chi connectivity index (χ4v) is 2.73. The van der Waals surface area contributed by atoms with Crippen molar-refractivity contribution in [3.63, 3.8) is 0 Å². The predicted octanol–water partition coefficient (Wildman–Crippen LogP) is 2.89. The van der Waals surface area contributed by atoms with Crippen LogP contribution in [0.5, 0.6) is 0 Å². The second kappa shape index (κ2) is 6.58. The molecule has 0 amide bonds. The second-order valence-electron chi connectivity index (χ2n) is 6.31. The molecule has 5 heteroatoms. The van der Waals surface area contributed by atoms with Gasteiger partial charge in [0.15, 0.2) is 5.82 Å². The summed E-state index contributed by atoms with van der Waals surface area (Å²) in [6, 6.07) is 10.8. The average Bonchev–Trinajstić information content (AvgIpc) is 2.99. The quantitative estimate of drug-likeness (QED) is 0.943. The molecule has 1 aromatic heterocycles. The fraction of sp³-hybridized carbons (Fsp3) is 0.529. The van der Waals surface area contributed by atoms with Gasteiger partial charge in [-0.15, -0.1) is 0 Å². The van der Waals surface area contributed by atoms with E-state index in [2.05, 4.69) is 65.1 Å². The predicted molar refractivity (Wildman–Crippen MR) is 85.5 cm³/mol. The lowest BCUT2D eigenvalue weighted by Crippen LogP contribution is -2.44. The number of morpholine rings is 1. The number of hydrogen-bond acceptors (Lipinski definition) is 4. The first-order chi connectivity index (χ1) is 10.6. The maximum absolute atomic E-state index is 6.00. The van der Waals surface area contributed by atoms with E-state index in [1.807, 2.05) is 6.07 Å². The van der Waals surface area contributed by atoms with Crippen LogP contribution in [0.2, 0.25) is 0 Å². The van der Waals surface area contributed by atoms with Gasteiger partial charge in [0.2, 0.25) is 0 Å². The van der Waals surface area contributed by atoms with Crippen molar-refractivity contribution in [2.24, 2.45) is 0 Å². The minimum Gasteiger partial charge on any atom is -0.371 e. The van der Waals surface area contributed by atoms with Crippen molar-refractivity contribution in [3.8, 4) is 0 Å². The third kappa shape index (κ3) is 3.36. The van der Waals surface area contributed by atoms with Crippen LogP contribution in [0, 0.1) is 0 Å². The molecule has 1 aliphatic rings. The van der Waals surface area contributed by atoms with Crippen molar-refractivity contribution in [2.75, 3.05) is 13.2 Å². The van der Waals surface area contributed by atoms with Crippen LogP contribution >= 0.6 is 0 Å². The van der Waals surface area contributed by atoms with Gasteiger partial charge in [0.1, 0.15) is 5.82 Å². The zero-order chi connectivity index (χ0) is 15.5. The van der Waals surface area contributed by atoms with Gasteiger partial charge < -0.3 is 4.74 Å². The highest BCUT2D eigenvalue weighted by Gasteiger charge is 2.27. The van der Waals surface area contributed by atoms with Crippen molar-refractivity contribution >= 4 is 0 Å². The Morgan fingerprint density at radius 1 is 1.32 bits per heavy atom. The maximum atomic E-state index is 6.00. The number of nitrogens with zero attached hydrogens (tertiary/aromatic N) is 3. The number of aromatic nitrogens is 3. The number of hydrogen-bond donors (Lipinski definition) is 1. The minimum absolute atomic E-state index is 0.130. The van der Waals surface area contributed by atoms with Crippen LogP contribution in [-0.4, -0.2) is 39.3 Å². The molecule has 0 bridgehead atoms. The maximum Gasteiger partial charge on any atom is 0.153 e. The summed E-state index contributed by atoms with van der Waals surface area (Å²) in [6.45, 7) is 8.81. The lowest BCUT2D eigenvalue weighted by atomic mass is 10.1. The normalized spacial score (nSPS) is 23.1. The molecule has 0 unspecified atom stereocenters. The van der Waals surface area contributed by atoms with E-state index in [1.54, 1.807) is 0 Å². The molecule has 1 aromatic carbocycles. The van der Waals surface area contributed by atoms with Crippen LogP contribution in [0.3, 0.4) is 0 Å². The summed E-state index contributed by atoms with van der Waals surface area (Å²) < 4.78 is 6.00. The Hall–Kier alpha value is -1.72. The highest BCUT2D eigenvalue weighted by molar-refractivity contribution is 5.18. The van der Waals surface area contributed by atoms with Crippen LogP contribution in [0.4, 0.5) is 0 Å². The molecule has 5 nitrogen and oxygen atoms in total. The van der Waals surface area contributed by atoms with E-state index in [1.165, 1.54) is 5.56 Å². The second-order valence-corrected chi connectivity index (χ2v) is 6.31. The Kier molecular flexibility index (Phi) is 4.55. The minimum atomic E-state index is 0.130. The highest BCUT2D eigenvalue weighted by atomic mass is 16.5. The number of rotatable bonds is 4. The van der Waals surface area contributed by atoms with E-state index in [0.717, 1.165) is 31.3 Å². The van der Waals surface area contributed by atoms with Gasteiger partial charge in [-0.25, -0.2) is 4.98 Å². The molecule has 118 valence electrons. The molecular formula is C17H24N4O. The molecule has 1 N–H and O–H groups in total. The Morgan fingerprint density at radius 3 is 2.77 bits per heavy atom. The molecule has 1 aliphatic heterocycles. The molecular weight excluding hydrogens is 276 g/mol. The van der Waals surface area contributed by atoms with Gasteiger partial charge in [0.25, 0.3) is 0 Å². The summed E-state index contributed by atoms with van der Waals surface area (Å²) in [5, 5.41) is 7.36. The van der Waals surface area contributed by atoms with E-state index in [9.17, 15) is 0 Å². The first-order valence-corrected chi connectivity index (χ1v) is 7.95. The molecule has 1 fully saturated rings. The smallest absolute Gasteiger partial charge is 0.153 e. The third-order valence-corrected chi connectivity index (χ3v) is 4.15. The van der Waals surface area contributed by atoms with Crippen molar-refractivity contribution < 1.29 is 4.74 Å². The summed E-state index contributed by atoms with van der Waals surface area (Å²) in [5.41, 5.74) is 1.24. The molecule has 0 radical (unpaired) electrons. The zero-order valence-electron chi connectivity index (χ0n) is 13.5. The van der Waals surface area contributed by atoms with Gasteiger partial charge >= 0.3 is 0 Å². The largest absolute Gasteiger partial charge is 0.371 e. The lowest BCUT2D eigenvalue weighted by molar-refractivity contribution is -0.0640. The first-order valence-electron chi connectivity index (χ1n) is 7.95. The third-order valence-electron chi connectivity index (χ3n) is 4.15. The number of ether oxygens (including phenoxy) is 1. The zero-order valence-corrected chi connectivity index (χ0v) is 13.5. The molecule has 2 heterocycles. The molecule has 0 spiro atoms. The molecule has 3 rings (SSSR count). The molecule has 0 aliphatic carbocycles. The van der Waals surface area contributed by atoms with Crippen LogP contribution in [0.15, 0.2) is 30.3 Å². The molecule has 22 heavy (non-hydrogen) atoms. The van der Waals surface area contributed by atoms with Crippen LogP contribution in [-0.2, 0) is 11.3 Å². The number of benzene rings is 1. The van der Waals surface area contributed by atoms with E-state index in [0.29, 0.717) is 12.0 Å². The SMILES string of the molecule is CC(C)c1n[nH]c(CN2C[C@H](c3ccccc3)OC[C@H]2C)n1. The van der Waals surface area contributed by atoms with Crippen molar-refractivity contribution in [1.29, 1.82) is 0 Å². The van der Waals surface area contributed by atoms with Crippen LogP contribution < -0.4 is 0 Å². The van der Waals surface area contributed by atoms with Crippen LogP contribution in [0.1, 0.15) is 50.0 Å². The Morgan fingerprint density at radius 2 is 2.09 bits per heavy atom. The lowest BCUT2D eigenvalue weighted by Gasteiger charge is -2.37. The van der Waals surface area contributed by atoms with Gasteiger partial charge in [-0.1, -0.05) is 44.2 Å². The molecule has 1 saturated heterocycles. The monoisotopic (exact) mass is 300 g/mol. The van der Waals surface area contributed by atoms with Gasteiger partial charge in [-0.05, 0) is 12.5 Å². The average molecular weight is 300 g/mol.